The summed E-state index contributed by atoms with van der Waals surface area (Å²) in [6, 6.07) is 11.0. The van der Waals surface area contributed by atoms with Gasteiger partial charge in [0.05, 0.1) is 11.7 Å². The maximum Gasteiger partial charge on any atom is 0.122 e. The Labute approximate surface area is 115 Å². The molecular weight excluding hydrogens is 262 g/mol. The molecule has 3 aromatic rings. The predicted molar refractivity (Wildman–Crippen MR) is 76.5 cm³/mol. The van der Waals surface area contributed by atoms with Gasteiger partial charge in [-0.1, -0.05) is 17.7 Å². The highest BCUT2D eigenvalue weighted by atomic mass is 35.5. The van der Waals surface area contributed by atoms with E-state index >= 15 is 0 Å². The van der Waals surface area contributed by atoms with Crippen LogP contribution in [0.15, 0.2) is 42.6 Å². The molecule has 0 bridgehead atoms. The molecule has 3 N–H and O–H groups in total. The average Bonchev–Trinajstić information content (AvgIpc) is 2.85. The Morgan fingerprint density at radius 1 is 1.26 bits per heavy atom. The molecule has 1 heterocycles. The summed E-state index contributed by atoms with van der Waals surface area (Å²) in [7, 11) is 0. The number of anilines is 1. The molecule has 0 aliphatic heterocycles. The highest BCUT2D eigenvalue weighted by Crippen LogP contribution is 2.26. The van der Waals surface area contributed by atoms with Crippen molar-refractivity contribution in [2.45, 2.75) is 6.54 Å². The zero-order valence-electron chi connectivity index (χ0n) is 10.0. The summed E-state index contributed by atoms with van der Waals surface area (Å²) >= 11 is 6.06. The number of rotatable bonds is 3. The van der Waals surface area contributed by atoms with Gasteiger partial charge in [0.25, 0.3) is 0 Å². The van der Waals surface area contributed by atoms with E-state index in [2.05, 4.69) is 15.5 Å². The molecule has 0 spiro atoms. The third kappa shape index (κ3) is 2.35. The minimum absolute atomic E-state index is 0.199. The predicted octanol–water partition coefficient (Wildman–Crippen LogP) is 3.53. The first kappa shape index (κ1) is 11.9. The quantitative estimate of drug-likeness (QED) is 0.684. The molecule has 1 aromatic heterocycles. The highest BCUT2D eigenvalue weighted by molar-refractivity contribution is 6.31. The maximum atomic E-state index is 9.77. The number of benzene rings is 2. The standard InChI is InChI=1S/C14H12ClN3O/c15-12-2-1-3-14(19)11(12)8-16-10-4-5-13-9(6-10)7-17-18-13/h1-7,16,19H,8H2,(H,17,18). The second-order valence-corrected chi connectivity index (χ2v) is 4.67. The van der Waals surface area contributed by atoms with E-state index in [-0.39, 0.29) is 5.75 Å². The van der Waals surface area contributed by atoms with Crippen LogP contribution in [0.2, 0.25) is 5.02 Å². The molecule has 2 aromatic carbocycles. The van der Waals surface area contributed by atoms with Crippen molar-refractivity contribution in [1.82, 2.24) is 10.2 Å². The number of nitrogens with one attached hydrogen (secondary N) is 2. The van der Waals surface area contributed by atoms with Gasteiger partial charge in [0.15, 0.2) is 0 Å². The first-order valence-electron chi connectivity index (χ1n) is 5.87. The van der Waals surface area contributed by atoms with E-state index in [1.54, 1.807) is 24.4 Å². The normalized spacial score (nSPS) is 10.8. The Morgan fingerprint density at radius 2 is 2.16 bits per heavy atom. The molecule has 4 nitrogen and oxygen atoms in total. The number of hydrogen-bond donors (Lipinski definition) is 3. The van der Waals surface area contributed by atoms with E-state index in [4.69, 9.17) is 11.6 Å². The summed E-state index contributed by atoms with van der Waals surface area (Å²) < 4.78 is 0. The van der Waals surface area contributed by atoms with Crippen molar-refractivity contribution in [1.29, 1.82) is 0 Å². The van der Waals surface area contributed by atoms with Crippen molar-refractivity contribution in [2.24, 2.45) is 0 Å². The SMILES string of the molecule is Oc1cccc(Cl)c1CNc1ccc2[nH]ncc2c1. The largest absolute Gasteiger partial charge is 0.508 e. The Kier molecular flexibility index (Phi) is 3.01. The first-order chi connectivity index (χ1) is 9.24. The van der Waals surface area contributed by atoms with Crippen LogP contribution >= 0.6 is 11.6 Å². The van der Waals surface area contributed by atoms with Crippen LogP contribution in [0.4, 0.5) is 5.69 Å². The lowest BCUT2D eigenvalue weighted by Gasteiger charge is -2.09. The fourth-order valence-electron chi connectivity index (χ4n) is 1.97. The number of nitrogens with zero attached hydrogens (tertiary/aromatic N) is 1. The molecule has 0 radical (unpaired) electrons. The van der Waals surface area contributed by atoms with Crippen molar-refractivity contribution < 1.29 is 5.11 Å². The molecule has 0 saturated heterocycles. The third-order valence-corrected chi connectivity index (χ3v) is 3.36. The van der Waals surface area contributed by atoms with E-state index in [0.717, 1.165) is 16.6 Å². The number of phenolic OH excluding ortho intramolecular Hbond substituents is 1. The van der Waals surface area contributed by atoms with Gasteiger partial charge in [0.1, 0.15) is 5.75 Å². The molecule has 0 amide bonds. The lowest BCUT2D eigenvalue weighted by Crippen LogP contribution is -2.00. The smallest absolute Gasteiger partial charge is 0.122 e. The molecule has 96 valence electrons. The van der Waals surface area contributed by atoms with Gasteiger partial charge in [-0.25, -0.2) is 0 Å². The fraction of sp³-hybridized carbons (Fsp3) is 0.0714. The number of halogens is 1. The molecule has 0 atom stereocenters. The van der Waals surface area contributed by atoms with Gasteiger partial charge >= 0.3 is 0 Å². The van der Waals surface area contributed by atoms with Crippen LogP contribution in [0.5, 0.6) is 5.75 Å². The lowest BCUT2D eigenvalue weighted by atomic mass is 10.2. The highest BCUT2D eigenvalue weighted by Gasteiger charge is 2.06. The molecule has 0 fully saturated rings. The van der Waals surface area contributed by atoms with Crippen LogP contribution < -0.4 is 5.32 Å². The zero-order chi connectivity index (χ0) is 13.2. The first-order valence-corrected chi connectivity index (χ1v) is 6.25. The van der Waals surface area contributed by atoms with Crippen molar-refractivity contribution in [3.8, 4) is 5.75 Å². The molecule has 5 heteroatoms. The number of aromatic amines is 1. The third-order valence-electron chi connectivity index (χ3n) is 3.00. The molecule has 0 aliphatic carbocycles. The monoisotopic (exact) mass is 273 g/mol. The average molecular weight is 274 g/mol. The van der Waals surface area contributed by atoms with Crippen LogP contribution in [0.3, 0.4) is 0 Å². The number of phenols is 1. The van der Waals surface area contributed by atoms with Crippen molar-refractivity contribution in [3.63, 3.8) is 0 Å². The summed E-state index contributed by atoms with van der Waals surface area (Å²) in [5.41, 5.74) is 2.64. The minimum Gasteiger partial charge on any atom is -0.508 e. The summed E-state index contributed by atoms with van der Waals surface area (Å²) in [5, 5.41) is 21.5. The van der Waals surface area contributed by atoms with Gasteiger partial charge in [-0.3, -0.25) is 5.10 Å². The topological polar surface area (TPSA) is 60.9 Å². The number of fused-ring (bicyclic) bond motifs is 1. The van der Waals surface area contributed by atoms with Gasteiger partial charge in [0.2, 0.25) is 0 Å². The number of hydrogen-bond acceptors (Lipinski definition) is 3. The molecule has 19 heavy (non-hydrogen) atoms. The van der Waals surface area contributed by atoms with E-state index in [9.17, 15) is 5.11 Å². The Morgan fingerprint density at radius 3 is 3.00 bits per heavy atom. The Bertz CT molecular complexity index is 703. The number of aromatic hydroxyl groups is 1. The number of H-pyrrole nitrogens is 1. The summed E-state index contributed by atoms with van der Waals surface area (Å²) in [5.74, 6) is 0.199. The van der Waals surface area contributed by atoms with Gasteiger partial charge in [-0.2, -0.15) is 5.10 Å². The minimum atomic E-state index is 0.199. The maximum absolute atomic E-state index is 9.77. The molecule has 3 rings (SSSR count). The van der Waals surface area contributed by atoms with Gasteiger partial charge in [0, 0.05) is 28.2 Å². The van der Waals surface area contributed by atoms with Gasteiger partial charge in [-0.15, -0.1) is 0 Å². The lowest BCUT2D eigenvalue weighted by molar-refractivity contribution is 0.469. The molecule has 0 saturated carbocycles. The summed E-state index contributed by atoms with van der Waals surface area (Å²) in [6.07, 6.45) is 1.77. The zero-order valence-corrected chi connectivity index (χ0v) is 10.8. The molecule has 0 unspecified atom stereocenters. The van der Waals surface area contributed by atoms with Crippen LogP contribution in [-0.4, -0.2) is 15.3 Å². The Hall–Kier alpha value is -2.20. The van der Waals surface area contributed by atoms with Crippen molar-refractivity contribution in [2.75, 3.05) is 5.32 Å². The van der Waals surface area contributed by atoms with Gasteiger partial charge < -0.3 is 10.4 Å². The second-order valence-electron chi connectivity index (χ2n) is 4.26. The van der Waals surface area contributed by atoms with E-state index < -0.39 is 0 Å². The van der Waals surface area contributed by atoms with E-state index in [1.165, 1.54) is 0 Å². The molecule has 0 aliphatic rings. The van der Waals surface area contributed by atoms with Crippen LogP contribution in [-0.2, 0) is 6.54 Å². The van der Waals surface area contributed by atoms with E-state index in [1.807, 2.05) is 18.2 Å². The van der Waals surface area contributed by atoms with E-state index in [0.29, 0.717) is 17.1 Å². The van der Waals surface area contributed by atoms with Crippen LogP contribution in [0, 0.1) is 0 Å². The van der Waals surface area contributed by atoms with Crippen LogP contribution in [0.25, 0.3) is 10.9 Å². The van der Waals surface area contributed by atoms with Crippen molar-refractivity contribution >= 4 is 28.2 Å². The van der Waals surface area contributed by atoms with Crippen LogP contribution in [0.1, 0.15) is 5.56 Å². The molecular formula is C14H12ClN3O. The second kappa shape index (κ2) is 4.82. The van der Waals surface area contributed by atoms with Gasteiger partial charge in [-0.05, 0) is 30.3 Å². The number of aromatic nitrogens is 2. The summed E-state index contributed by atoms with van der Waals surface area (Å²) in [6.45, 7) is 0.467. The van der Waals surface area contributed by atoms with Crippen molar-refractivity contribution in [3.05, 3.63) is 53.2 Å². The Balaban J connectivity index is 1.82. The summed E-state index contributed by atoms with van der Waals surface area (Å²) in [4.78, 5) is 0. The fourth-order valence-corrected chi connectivity index (χ4v) is 2.20.